The van der Waals surface area contributed by atoms with Crippen LogP contribution in [0.4, 0.5) is 0 Å². The Balaban J connectivity index is 1.55. The Morgan fingerprint density at radius 2 is 2.20 bits per heavy atom. The SMILES string of the molecule is CCNC(=NCc1nnc2n1CCCC2)NCCc1ccc(Cl)nc1. The third-order valence-corrected chi connectivity index (χ3v) is 4.38. The average Bonchev–Trinajstić information content (AvgIpc) is 3.04. The number of hydrogen-bond donors (Lipinski definition) is 2. The average molecular weight is 362 g/mol. The maximum Gasteiger partial charge on any atom is 0.191 e. The molecule has 0 unspecified atom stereocenters. The van der Waals surface area contributed by atoms with Crippen LogP contribution in [0.15, 0.2) is 23.3 Å². The number of aryl methyl sites for hydroxylation is 1. The highest BCUT2D eigenvalue weighted by atomic mass is 35.5. The largest absolute Gasteiger partial charge is 0.357 e. The van der Waals surface area contributed by atoms with E-state index in [1.807, 2.05) is 12.1 Å². The molecule has 134 valence electrons. The van der Waals surface area contributed by atoms with Gasteiger partial charge < -0.3 is 15.2 Å². The van der Waals surface area contributed by atoms with Crippen LogP contribution in [-0.4, -0.2) is 38.8 Å². The van der Waals surface area contributed by atoms with Gasteiger partial charge in [-0.3, -0.25) is 0 Å². The summed E-state index contributed by atoms with van der Waals surface area (Å²) in [5.41, 5.74) is 1.14. The van der Waals surface area contributed by atoms with Gasteiger partial charge >= 0.3 is 0 Å². The van der Waals surface area contributed by atoms with Crippen molar-refractivity contribution in [3.05, 3.63) is 40.7 Å². The molecule has 0 aliphatic carbocycles. The zero-order valence-electron chi connectivity index (χ0n) is 14.5. The molecule has 1 aliphatic rings. The van der Waals surface area contributed by atoms with Crippen LogP contribution in [0.1, 0.15) is 37.0 Å². The Morgan fingerprint density at radius 3 is 3.00 bits per heavy atom. The van der Waals surface area contributed by atoms with Crippen LogP contribution in [-0.2, 0) is 25.9 Å². The fraction of sp³-hybridized carbons (Fsp3) is 0.529. The molecule has 0 fully saturated rings. The summed E-state index contributed by atoms with van der Waals surface area (Å²) in [6.07, 6.45) is 6.07. The van der Waals surface area contributed by atoms with Crippen molar-refractivity contribution < 1.29 is 0 Å². The number of guanidine groups is 1. The lowest BCUT2D eigenvalue weighted by Gasteiger charge is -2.14. The number of fused-ring (bicyclic) bond motifs is 1. The van der Waals surface area contributed by atoms with Crippen LogP contribution in [0.5, 0.6) is 0 Å². The molecule has 7 nitrogen and oxygen atoms in total. The van der Waals surface area contributed by atoms with Crippen molar-refractivity contribution in [1.29, 1.82) is 0 Å². The third kappa shape index (κ3) is 4.92. The summed E-state index contributed by atoms with van der Waals surface area (Å²) in [4.78, 5) is 8.74. The molecule has 25 heavy (non-hydrogen) atoms. The van der Waals surface area contributed by atoms with E-state index in [9.17, 15) is 0 Å². The summed E-state index contributed by atoms with van der Waals surface area (Å²) >= 11 is 5.81. The Morgan fingerprint density at radius 1 is 1.28 bits per heavy atom. The lowest BCUT2D eigenvalue weighted by atomic mass is 10.2. The second kappa shape index (κ2) is 8.80. The number of pyridine rings is 1. The van der Waals surface area contributed by atoms with Crippen molar-refractivity contribution >= 4 is 17.6 Å². The number of hydrogen-bond acceptors (Lipinski definition) is 4. The second-order valence-electron chi connectivity index (χ2n) is 6.00. The fourth-order valence-corrected chi connectivity index (χ4v) is 2.97. The van der Waals surface area contributed by atoms with Gasteiger partial charge in [-0.25, -0.2) is 9.98 Å². The lowest BCUT2D eigenvalue weighted by molar-refractivity contribution is 0.508. The third-order valence-electron chi connectivity index (χ3n) is 4.15. The molecule has 0 spiro atoms. The van der Waals surface area contributed by atoms with Crippen LogP contribution in [0.25, 0.3) is 0 Å². The van der Waals surface area contributed by atoms with E-state index in [-0.39, 0.29) is 0 Å². The molecule has 2 aromatic heterocycles. The van der Waals surface area contributed by atoms with Gasteiger partial charge in [-0.05, 0) is 37.8 Å². The van der Waals surface area contributed by atoms with Gasteiger partial charge in [0.25, 0.3) is 0 Å². The summed E-state index contributed by atoms with van der Waals surface area (Å²) < 4.78 is 2.20. The van der Waals surface area contributed by atoms with Crippen LogP contribution < -0.4 is 10.6 Å². The first-order valence-electron chi connectivity index (χ1n) is 8.80. The Hall–Kier alpha value is -2.15. The van der Waals surface area contributed by atoms with E-state index in [1.54, 1.807) is 6.20 Å². The minimum absolute atomic E-state index is 0.517. The van der Waals surface area contributed by atoms with Crippen LogP contribution in [0.3, 0.4) is 0 Å². The van der Waals surface area contributed by atoms with Crippen molar-refractivity contribution in [2.24, 2.45) is 4.99 Å². The summed E-state index contributed by atoms with van der Waals surface area (Å²) in [5.74, 6) is 2.82. The smallest absolute Gasteiger partial charge is 0.191 e. The van der Waals surface area contributed by atoms with E-state index >= 15 is 0 Å². The van der Waals surface area contributed by atoms with Crippen molar-refractivity contribution in [1.82, 2.24) is 30.4 Å². The van der Waals surface area contributed by atoms with Crippen molar-refractivity contribution in [3.8, 4) is 0 Å². The first-order chi connectivity index (χ1) is 12.3. The van der Waals surface area contributed by atoms with Gasteiger partial charge in [0, 0.05) is 32.3 Å². The first-order valence-corrected chi connectivity index (χ1v) is 9.17. The highest BCUT2D eigenvalue weighted by Gasteiger charge is 2.15. The van der Waals surface area contributed by atoms with Crippen molar-refractivity contribution in [2.45, 2.75) is 45.7 Å². The topological polar surface area (TPSA) is 80.0 Å². The van der Waals surface area contributed by atoms with E-state index in [2.05, 4.69) is 42.3 Å². The Bertz CT molecular complexity index is 708. The normalized spacial score (nSPS) is 14.2. The molecule has 2 aromatic rings. The zero-order chi connectivity index (χ0) is 17.5. The monoisotopic (exact) mass is 361 g/mol. The Kier molecular flexibility index (Phi) is 6.22. The van der Waals surface area contributed by atoms with Crippen molar-refractivity contribution in [3.63, 3.8) is 0 Å². The van der Waals surface area contributed by atoms with Gasteiger partial charge in [-0.15, -0.1) is 10.2 Å². The predicted octanol–water partition coefficient (Wildman–Crippen LogP) is 1.96. The highest BCUT2D eigenvalue weighted by molar-refractivity contribution is 6.29. The quantitative estimate of drug-likeness (QED) is 0.467. The number of aliphatic imine (C=N–C) groups is 1. The number of halogens is 1. The minimum atomic E-state index is 0.517. The molecular weight excluding hydrogens is 338 g/mol. The number of nitrogens with zero attached hydrogens (tertiary/aromatic N) is 5. The molecule has 0 atom stereocenters. The number of aromatic nitrogens is 4. The summed E-state index contributed by atoms with van der Waals surface area (Å²) in [6, 6.07) is 3.80. The van der Waals surface area contributed by atoms with Crippen LogP contribution in [0, 0.1) is 0 Å². The molecular formula is C17H24ClN7. The van der Waals surface area contributed by atoms with Gasteiger partial charge in [0.1, 0.15) is 17.5 Å². The molecule has 3 rings (SSSR count). The van der Waals surface area contributed by atoms with Gasteiger partial charge in [0.2, 0.25) is 0 Å². The van der Waals surface area contributed by atoms with E-state index in [0.717, 1.165) is 55.6 Å². The maximum absolute atomic E-state index is 5.81. The molecule has 0 saturated heterocycles. The zero-order valence-corrected chi connectivity index (χ0v) is 15.3. The van der Waals surface area contributed by atoms with Gasteiger partial charge in [-0.1, -0.05) is 17.7 Å². The molecule has 0 amide bonds. The number of nitrogens with one attached hydrogen (secondary N) is 2. The molecule has 0 bridgehead atoms. The van der Waals surface area contributed by atoms with Gasteiger partial charge in [-0.2, -0.15) is 0 Å². The minimum Gasteiger partial charge on any atom is -0.357 e. The fourth-order valence-electron chi connectivity index (χ4n) is 2.86. The molecule has 0 aromatic carbocycles. The molecule has 1 aliphatic heterocycles. The van der Waals surface area contributed by atoms with Crippen LogP contribution in [0.2, 0.25) is 5.15 Å². The maximum atomic E-state index is 5.81. The predicted molar refractivity (Wildman–Crippen MR) is 98.7 cm³/mol. The first kappa shape index (κ1) is 17.7. The van der Waals surface area contributed by atoms with Crippen LogP contribution >= 0.6 is 11.6 Å². The van der Waals surface area contributed by atoms with E-state index in [0.29, 0.717) is 11.7 Å². The molecule has 3 heterocycles. The van der Waals surface area contributed by atoms with Gasteiger partial charge in [0.05, 0.1) is 0 Å². The van der Waals surface area contributed by atoms with E-state index in [1.165, 1.54) is 12.8 Å². The molecule has 2 N–H and O–H groups in total. The molecule has 0 radical (unpaired) electrons. The van der Waals surface area contributed by atoms with E-state index < -0.39 is 0 Å². The van der Waals surface area contributed by atoms with E-state index in [4.69, 9.17) is 11.6 Å². The van der Waals surface area contributed by atoms with Gasteiger partial charge in [0.15, 0.2) is 11.8 Å². The Labute approximate surface area is 152 Å². The summed E-state index contributed by atoms with van der Waals surface area (Å²) in [6.45, 7) is 5.17. The molecule has 8 heteroatoms. The molecule has 0 saturated carbocycles. The standard InChI is InChI=1S/C17H24ClN7/c1-2-19-17(20-9-8-13-6-7-14(18)21-11-13)22-12-16-24-23-15-5-3-4-10-25(15)16/h6-7,11H,2-5,8-10,12H2,1H3,(H2,19,20,22). The summed E-state index contributed by atoms with van der Waals surface area (Å²) in [7, 11) is 0. The number of rotatable bonds is 6. The second-order valence-corrected chi connectivity index (χ2v) is 6.39. The van der Waals surface area contributed by atoms with Crippen molar-refractivity contribution in [2.75, 3.05) is 13.1 Å². The lowest BCUT2D eigenvalue weighted by Crippen LogP contribution is -2.38. The summed E-state index contributed by atoms with van der Waals surface area (Å²) in [5, 5.41) is 15.7. The highest BCUT2D eigenvalue weighted by Crippen LogP contribution is 2.14.